The zero-order valence-electron chi connectivity index (χ0n) is 11.8. The fourth-order valence-corrected chi connectivity index (χ4v) is 3.35. The molecule has 0 bridgehead atoms. The number of hydrogen-bond donors (Lipinski definition) is 2. The maximum absolute atomic E-state index is 12.8. The highest BCUT2D eigenvalue weighted by Crippen LogP contribution is 2.63. The van der Waals surface area contributed by atoms with Crippen LogP contribution in [0.15, 0.2) is 24.3 Å². The highest BCUT2D eigenvalue weighted by Gasteiger charge is 2.61. The topological polar surface area (TPSA) is 58.2 Å². The molecule has 5 heteroatoms. The van der Waals surface area contributed by atoms with Crippen LogP contribution < -0.4 is 10.6 Å². The van der Waals surface area contributed by atoms with Crippen molar-refractivity contribution in [2.75, 3.05) is 13.1 Å². The van der Waals surface area contributed by atoms with Crippen LogP contribution in [0.2, 0.25) is 0 Å². The van der Waals surface area contributed by atoms with Gasteiger partial charge in [0.1, 0.15) is 5.82 Å². The summed E-state index contributed by atoms with van der Waals surface area (Å²) in [6, 6.07) is 5.39. The van der Waals surface area contributed by atoms with Crippen LogP contribution in [-0.2, 0) is 4.79 Å². The summed E-state index contributed by atoms with van der Waals surface area (Å²) in [6.07, 6.45) is 4.36. The summed E-state index contributed by atoms with van der Waals surface area (Å²) in [5.74, 6) is 0.105. The summed E-state index contributed by atoms with van der Waals surface area (Å²) >= 11 is 0. The van der Waals surface area contributed by atoms with Crippen LogP contribution in [0, 0.1) is 17.2 Å². The van der Waals surface area contributed by atoms with Gasteiger partial charge in [-0.3, -0.25) is 9.59 Å². The third-order valence-corrected chi connectivity index (χ3v) is 4.66. The molecule has 0 aromatic heterocycles. The number of fused-ring (bicyclic) bond motifs is 1. The Kier molecular flexibility index (Phi) is 3.66. The summed E-state index contributed by atoms with van der Waals surface area (Å²) in [5, 5.41) is 5.62. The van der Waals surface area contributed by atoms with E-state index in [4.69, 9.17) is 0 Å². The number of carbonyl (C=O) groups excluding carboxylic acids is 2. The minimum atomic E-state index is -0.367. The van der Waals surface area contributed by atoms with Crippen molar-refractivity contribution in [1.82, 2.24) is 10.6 Å². The van der Waals surface area contributed by atoms with E-state index in [2.05, 4.69) is 10.6 Å². The standard InChI is InChI=1S/C16H19FN2O2/c17-13-5-3-11(4-6-13)14(20)18-8-9-19-15(21)16-7-1-2-12(16)10-16/h3-6,12H,1-2,7-10H2,(H,18,20)(H,19,21)/t12-,16-/m1/s1. The molecule has 2 aliphatic rings. The quantitative estimate of drug-likeness (QED) is 0.813. The first kappa shape index (κ1) is 14.0. The predicted octanol–water partition coefficient (Wildman–Crippen LogP) is 1.86. The van der Waals surface area contributed by atoms with E-state index < -0.39 is 0 Å². The van der Waals surface area contributed by atoms with Gasteiger partial charge in [-0.2, -0.15) is 0 Å². The summed E-state index contributed by atoms with van der Waals surface area (Å²) in [5.41, 5.74) is 0.334. The van der Waals surface area contributed by atoms with Crippen LogP contribution in [0.4, 0.5) is 4.39 Å². The Morgan fingerprint density at radius 2 is 1.90 bits per heavy atom. The van der Waals surface area contributed by atoms with E-state index in [1.165, 1.54) is 30.7 Å². The first-order chi connectivity index (χ1) is 10.1. The number of amides is 2. The van der Waals surface area contributed by atoms with Gasteiger partial charge in [0.2, 0.25) is 5.91 Å². The summed E-state index contributed by atoms with van der Waals surface area (Å²) in [7, 11) is 0. The molecule has 0 heterocycles. The Hall–Kier alpha value is -1.91. The van der Waals surface area contributed by atoms with Crippen molar-refractivity contribution in [3.63, 3.8) is 0 Å². The second kappa shape index (κ2) is 5.47. The highest BCUT2D eigenvalue weighted by atomic mass is 19.1. The Morgan fingerprint density at radius 3 is 2.52 bits per heavy atom. The summed E-state index contributed by atoms with van der Waals surface area (Å²) in [4.78, 5) is 23.9. The molecular weight excluding hydrogens is 271 g/mol. The lowest BCUT2D eigenvalue weighted by atomic mass is 10.0. The maximum Gasteiger partial charge on any atom is 0.251 e. The highest BCUT2D eigenvalue weighted by molar-refractivity contribution is 5.94. The van der Waals surface area contributed by atoms with Gasteiger partial charge in [-0.05, 0) is 49.4 Å². The third kappa shape index (κ3) is 2.77. The van der Waals surface area contributed by atoms with Crippen LogP contribution >= 0.6 is 0 Å². The van der Waals surface area contributed by atoms with Gasteiger partial charge >= 0.3 is 0 Å². The lowest BCUT2D eigenvalue weighted by Crippen LogP contribution is -2.38. The number of benzene rings is 1. The number of halogens is 1. The van der Waals surface area contributed by atoms with Gasteiger partial charge < -0.3 is 10.6 Å². The average Bonchev–Trinajstić information content (AvgIpc) is 3.06. The Bertz CT molecular complexity index is 558. The third-order valence-electron chi connectivity index (χ3n) is 4.66. The number of carbonyl (C=O) groups is 2. The molecule has 112 valence electrons. The van der Waals surface area contributed by atoms with Crippen LogP contribution in [0.5, 0.6) is 0 Å². The molecule has 2 aliphatic carbocycles. The van der Waals surface area contributed by atoms with E-state index in [0.29, 0.717) is 24.6 Å². The van der Waals surface area contributed by atoms with Gasteiger partial charge in [0.15, 0.2) is 0 Å². The maximum atomic E-state index is 12.8. The largest absolute Gasteiger partial charge is 0.354 e. The van der Waals surface area contributed by atoms with Crippen LogP contribution in [0.3, 0.4) is 0 Å². The minimum Gasteiger partial charge on any atom is -0.354 e. The predicted molar refractivity (Wildman–Crippen MR) is 76.1 cm³/mol. The van der Waals surface area contributed by atoms with Crippen molar-refractivity contribution >= 4 is 11.8 Å². The zero-order chi connectivity index (χ0) is 14.9. The molecule has 0 unspecified atom stereocenters. The molecule has 2 atom stereocenters. The van der Waals surface area contributed by atoms with Gasteiger partial charge in [0.05, 0.1) is 5.41 Å². The lowest BCUT2D eigenvalue weighted by Gasteiger charge is -2.13. The van der Waals surface area contributed by atoms with E-state index >= 15 is 0 Å². The Labute approximate surface area is 123 Å². The fourth-order valence-electron chi connectivity index (χ4n) is 3.35. The molecule has 3 rings (SSSR count). The fraction of sp³-hybridized carbons (Fsp3) is 0.500. The number of nitrogens with one attached hydrogen (secondary N) is 2. The molecule has 0 spiro atoms. The van der Waals surface area contributed by atoms with Crippen molar-refractivity contribution in [3.05, 3.63) is 35.6 Å². The molecule has 1 aromatic rings. The number of hydrogen-bond acceptors (Lipinski definition) is 2. The van der Waals surface area contributed by atoms with E-state index in [1.807, 2.05) is 0 Å². The van der Waals surface area contributed by atoms with Crippen molar-refractivity contribution in [3.8, 4) is 0 Å². The normalized spacial score (nSPS) is 26.0. The summed E-state index contributed by atoms with van der Waals surface area (Å²) < 4.78 is 12.8. The molecule has 2 N–H and O–H groups in total. The van der Waals surface area contributed by atoms with E-state index in [-0.39, 0.29) is 23.0 Å². The molecule has 0 aliphatic heterocycles. The van der Waals surface area contributed by atoms with Crippen molar-refractivity contribution in [2.24, 2.45) is 11.3 Å². The molecule has 0 radical (unpaired) electrons. The number of rotatable bonds is 5. The van der Waals surface area contributed by atoms with Crippen LogP contribution in [0.1, 0.15) is 36.0 Å². The second-order valence-electron chi connectivity index (χ2n) is 5.97. The SMILES string of the molecule is O=C(NCCNC(=O)[C@@]12CCC[C@@H]1C2)c1ccc(F)cc1. The molecule has 1 aromatic carbocycles. The lowest BCUT2D eigenvalue weighted by molar-refractivity contribution is -0.126. The molecule has 2 saturated carbocycles. The van der Waals surface area contributed by atoms with E-state index in [9.17, 15) is 14.0 Å². The molecule has 2 fully saturated rings. The smallest absolute Gasteiger partial charge is 0.251 e. The van der Waals surface area contributed by atoms with Gasteiger partial charge in [0, 0.05) is 18.7 Å². The monoisotopic (exact) mass is 290 g/mol. The van der Waals surface area contributed by atoms with Gasteiger partial charge in [-0.25, -0.2) is 4.39 Å². The molecular formula is C16H19FN2O2. The van der Waals surface area contributed by atoms with E-state index in [0.717, 1.165) is 19.3 Å². The Morgan fingerprint density at radius 1 is 1.19 bits per heavy atom. The van der Waals surface area contributed by atoms with Gasteiger partial charge in [-0.1, -0.05) is 6.42 Å². The van der Waals surface area contributed by atoms with Crippen LogP contribution in [-0.4, -0.2) is 24.9 Å². The van der Waals surface area contributed by atoms with Crippen molar-refractivity contribution < 1.29 is 14.0 Å². The minimum absolute atomic E-state index is 0.0824. The molecule has 0 saturated heterocycles. The second-order valence-corrected chi connectivity index (χ2v) is 5.97. The molecule has 2 amide bonds. The van der Waals surface area contributed by atoms with Gasteiger partial charge in [0.25, 0.3) is 5.91 Å². The summed E-state index contributed by atoms with van der Waals surface area (Å²) in [6.45, 7) is 0.808. The van der Waals surface area contributed by atoms with E-state index in [1.54, 1.807) is 0 Å². The first-order valence-corrected chi connectivity index (χ1v) is 7.44. The van der Waals surface area contributed by atoms with Gasteiger partial charge in [-0.15, -0.1) is 0 Å². The van der Waals surface area contributed by atoms with Crippen molar-refractivity contribution in [1.29, 1.82) is 0 Å². The van der Waals surface area contributed by atoms with Crippen molar-refractivity contribution in [2.45, 2.75) is 25.7 Å². The Balaban J connectivity index is 1.39. The molecule has 21 heavy (non-hydrogen) atoms. The van der Waals surface area contributed by atoms with Crippen LogP contribution in [0.25, 0.3) is 0 Å². The average molecular weight is 290 g/mol. The first-order valence-electron chi connectivity index (χ1n) is 7.44. The molecule has 4 nitrogen and oxygen atoms in total. The zero-order valence-corrected chi connectivity index (χ0v) is 11.8.